The van der Waals surface area contributed by atoms with E-state index < -0.39 is 100 Å². The van der Waals surface area contributed by atoms with Gasteiger partial charge in [-0.2, -0.15) is 0 Å². The number of carbonyl (C=O) groups is 6. The lowest BCUT2D eigenvalue weighted by Gasteiger charge is -2.39. The van der Waals surface area contributed by atoms with Gasteiger partial charge in [0.2, 0.25) is 11.8 Å². The van der Waals surface area contributed by atoms with E-state index in [2.05, 4.69) is 20.9 Å². The second-order valence-corrected chi connectivity index (χ2v) is 23.9. The van der Waals surface area contributed by atoms with Gasteiger partial charge in [0.05, 0.1) is 35.6 Å². The number of aryl methyl sites for hydroxylation is 1. The minimum absolute atomic E-state index is 0.153. The van der Waals surface area contributed by atoms with Gasteiger partial charge in [-0.25, -0.2) is 4.79 Å². The predicted molar refractivity (Wildman–Crippen MR) is 327 cm³/mol. The van der Waals surface area contributed by atoms with Gasteiger partial charge in [0.15, 0.2) is 17.3 Å². The number of nitrogens with one attached hydrogen (secondary N) is 3. The van der Waals surface area contributed by atoms with Crippen molar-refractivity contribution in [1.29, 1.82) is 0 Å². The average Bonchev–Trinajstić information content (AvgIpc) is 1.67. The summed E-state index contributed by atoms with van der Waals surface area (Å²) in [6.07, 6.45) is -1.42. The molecule has 2 amide bonds. The number of ketones is 1. The molecule has 15 nitrogen and oxygen atoms in total. The molecule has 0 aliphatic carbocycles. The highest BCUT2D eigenvalue weighted by molar-refractivity contribution is 8.00. The van der Waals surface area contributed by atoms with Gasteiger partial charge in [0, 0.05) is 47.5 Å². The minimum atomic E-state index is -1.72. The summed E-state index contributed by atoms with van der Waals surface area (Å²) in [7, 11) is 1.53. The minimum Gasteiger partial charge on any atom is -0.460 e. The fourth-order valence-corrected chi connectivity index (χ4v) is 11.4. The molecule has 6 aromatic carbocycles. The van der Waals surface area contributed by atoms with E-state index in [4.69, 9.17) is 37.3 Å². The summed E-state index contributed by atoms with van der Waals surface area (Å²) < 4.78 is 17.4. The number of nitrogens with two attached hydrogens (primary N) is 2. The van der Waals surface area contributed by atoms with E-state index >= 15 is 9.59 Å². The van der Waals surface area contributed by atoms with E-state index in [0.29, 0.717) is 34.7 Å². The third-order valence-electron chi connectivity index (χ3n) is 13.5. The lowest BCUT2D eigenvalue weighted by Crippen LogP contribution is -2.52. The Labute approximate surface area is 497 Å². The lowest BCUT2D eigenvalue weighted by molar-refractivity contribution is -0.159. The number of hydrogen-bond donors (Lipinski definition) is 5. The van der Waals surface area contributed by atoms with Crippen molar-refractivity contribution >= 4 is 64.8 Å². The van der Waals surface area contributed by atoms with Crippen LogP contribution in [0.4, 0.5) is 0 Å². The van der Waals surface area contributed by atoms with E-state index in [1.54, 1.807) is 65.8 Å². The lowest BCUT2D eigenvalue weighted by atomic mass is 9.79. The van der Waals surface area contributed by atoms with Crippen molar-refractivity contribution in [3.63, 3.8) is 0 Å². The first-order chi connectivity index (χ1) is 39.4. The number of halogens is 1. The Morgan fingerprint density at radius 3 is 1.53 bits per heavy atom. The summed E-state index contributed by atoms with van der Waals surface area (Å²) in [5.74, 6) is -6.44. The van der Waals surface area contributed by atoms with Crippen LogP contribution in [-0.2, 0) is 53.3 Å². The summed E-state index contributed by atoms with van der Waals surface area (Å²) in [6.45, 7) is 12.3. The summed E-state index contributed by atoms with van der Waals surface area (Å²) in [6, 6.07) is 49.0. The molecule has 0 heterocycles. The Morgan fingerprint density at radius 2 is 1.04 bits per heavy atom. The monoisotopic (exact) mass is 1160 g/mol. The van der Waals surface area contributed by atoms with Gasteiger partial charge in [0.25, 0.3) is 0 Å². The summed E-state index contributed by atoms with van der Waals surface area (Å²) in [4.78, 5) is 91.6. The highest BCUT2D eigenvalue weighted by Gasteiger charge is 2.46. The van der Waals surface area contributed by atoms with Gasteiger partial charge in [0.1, 0.15) is 17.2 Å². The zero-order valence-electron chi connectivity index (χ0n) is 48.5. The molecule has 0 spiro atoms. The zero-order chi connectivity index (χ0) is 60.4. The zero-order valence-corrected chi connectivity index (χ0v) is 50.1. The summed E-state index contributed by atoms with van der Waals surface area (Å²) >= 11 is 8.54. The van der Waals surface area contributed by atoms with Crippen LogP contribution >= 0.6 is 23.4 Å². The number of rotatable bonds is 26. The Kier molecular flexibility index (Phi) is 22.8. The van der Waals surface area contributed by atoms with Crippen LogP contribution in [0.2, 0.25) is 5.02 Å². The van der Waals surface area contributed by atoms with Crippen LogP contribution in [0.15, 0.2) is 175 Å². The molecule has 1 unspecified atom stereocenters. The molecule has 5 atom stereocenters. The van der Waals surface area contributed by atoms with Crippen molar-refractivity contribution in [2.45, 2.75) is 120 Å². The molecular formula is C66H77ClN6O9S. The fraction of sp³-hybridized carbons (Fsp3) is 0.348. The molecule has 0 aromatic heterocycles. The molecule has 0 radical (unpaired) electrons. The van der Waals surface area contributed by atoms with Gasteiger partial charge < -0.3 is 41.6 Å². The first kappa shape index (κ1) is 64.4. The summed E-state index contributed by atoms with van der Waals surface area (Å²) in [5, 5.41) is 8.81. The molecule has 0 bridgehead atoms. The number of benzene rings is 6. The topological polar surface area (TPSA) is 231 Å². The number of ether oxygens (including phenoxy) is 3. The molecule has 7 N–H and O–H groups in total. The van der Waals surface area contributed by atoms with Crippen molar-refractivity contribution in [2.75, 3.05) is 19.3 Å². The number of hydrogen-bond acceptors (Lipinski definition) is 12. The summed E-state index contributed by atoms with van der Waals surface area (Å²) in [5.41, 5.74) is 13.5. The highest BCUT2D eigenvalue weighted by Crippen LogP contribution is 2.49. The van der Waals surface area contributed by atoms with Crippen LogP contribution in [0.5, 0.6) is 0 Å². The Balaban J connectivity index is 1.49. The molecule has 0 aliphatic rings. The van der Waals surface area contributed by atoms with Gasteiger partial charge >= 0.3 is 17.9 Å². The van der Waals surface area contributed by atoms with E-state index in [1.165, 1.54) is 18.8 Å². The van der Waals surface area contributed by atoms with Crippen LogP contribution in [0, 0.1) is 12.8 Å². The molecule has 0 saturated carbocycles. The first-order valence-corrected chi connectivity index (χ1v) is 29.0. The molecule has 83 heavy (non-hydrogen) atoms. The molecule has 6 aromatic rings. The third kappa shape index (κ3) is 17.9. The maximum Gasteiger partial charge on any atom is 0.331 e. The smallest absolute Gasteiger partial charge is 0.331 e. The second-order valence-electron chi connectivity index (χ2n) is 22.3. The quantitative estimate of drug-likeness (QED) is 0.00851. The number of carbonyl (C=O) groups excluding carboxylic acids is 6. The number of amides is 2. The number of Topliss-reactive ketones (excluding diaryl/α,β-unsaturated/α-hetero) is 1. The average molecular weight is 1170 g/mol. The van der Waals surface area contributed by atoms with Crippen LogP contribution in [0.25, 0.3) is 0 Å². The number of aliphatic imine (C=N–C) groups is 1. The van der Waals surface area contributed by atoms with Crippen LogP contribution in [0.3, 0.4) is 0 Å². The van der Waals surface area contributed by atoms with Crippen LogP contribution in [-0.4, -0.2) is 90.1 Å². The Morgan fingerprint density at radius 1 is 0.578 bits per heavy atom. The van der Waals surface area contributed by atoms with Crippen molar-refractivity contribution in [1.82, 2.24) is 16.0 Å². The fourth-order valence-electron chi connectivity index (χ4n) is 9.57. The van der Waals surface area contributed by atoms with E-state index in [1.807, 2.05) is 153 Å². The maximum absolute atomic E-state index is 16.1. The van der Waals surface area contributed by atoms with E-state index in [0.717, 1.165) is 22.3 Å². The Bertz CT molecular complexity index is 3060. The van der Waals surface area contributed by atoms with Gasteiger partial charge in [-0.15, -0.1) is 11.8 Å². The molecule has 0 saturated heterocycles. The molecule has 17 heteroatoms. The molecule has 0 aliphatic heterocycles. The molecule has 438 valence electrons. The number of guanidine groups is 1. The number of thioether (sulfide) groups is 1. The molecule has 0 fully saturated rings. The normalized spacial score (nSPS) is 14.1. The number of esters is 3. The second kappa shape index (κ2) is 29.5. The van der Waals surface area contributed by atoms with Gasteiger partial charge in [-0.1, -0.05) is 181 Å². The maximum atomic E-state index is 16.1. The van der Waals surface area contributed by atoms with E-state index in [9.17, 15) is 19.2 Å². The molecule has 6 rings (SSSR count). The standard InChI is InChI=1S/C66H77ClN6O9S/c1-44-35-37-47(38-36-44)65(46-24-13-9-14-25-46,51-32-21-22-33-52(51)67)82-61(79)55(43-83-66(48-26-15-10-16-27-48,49-28-17-11-18-29-49)50-30-19-12-20-31-50)73-59(77)45(41-57(75)80-63(2,3)4)40-56(74)54(42-58(76)81-64(5,6)7)72-60(78)53(68)34-23-39-71-62(69)70-8/h9-22,24-33,35-38,45,53-55H,23,34,39-43,68H2,1-8H3,(H,72,78)(H,73,77)(H3,69,70,71)/t45-,53-,54-,55-,65?/m0/s1. The SMILES string of the molecule is CN=C(N)NCCC[C@H](N)C(=O)N[C@@H](CC(=O)OC(C)(C)C)C(=O)C[C@@H](CC(=O)OC(C)(C)C)C(=O)N[C@@H](CSC(c1ccccc1)(c1ccccc1)c1ccccc1)C(=O)OC(c1ccccc1)(c1ccc(C)cc1)c1ccccc1Cl. The van der Waals surface area contributed by atoms with Crippen molar-refractivity contribution in [2.24, 2.45) is 22.4 Å². The van der Waals surface area contributed by atoms with Gasteiger partial charge in [-0.05, 0) is 84.1 Å². The van der Waals surface area contributed by atoms with Crippen molar-refractivity contribution in [3.05, 3.63) is 214 Å². The van der Waals surface area contributed by atoms with Crippen LogP contribution in [0.1, 0.15) is 113 Å². The third-order valence-corrected chi connectivity index (χ3v) is 15.4. The van der Waals surface area contributed by atoms with Gasteiger partial charge in [-0.3, -0.25) is 29.0 Å². The first-order valence-electron chi connectivity index (χ1n) is 27.7. The largest absolute Gasteiger partial charge is 0.460 e. The Hall–Kier alpha value is -7.79. The number of nitrogens with zero attached hydrogens (tertiary/aromatic N) is 1. The molecular weight excluding hydrogens is 1090 g/mol. The van der Waals surface area contributed by atoms with E-state index in [-0.39, 0.29) is 18.1 Å². The van der Waals surface area contributed by atoms with Crippen molar-refractivity contribution in [3.8, 4) is 0 Å². The highest BCUT2D eigenvalue weighted by atomic mass is 35.5. The van der Waals surface area contributed by atoms with Crippen LogP contribution < -0.4 is 27.4 Å². The predicted octanol–water partition coefficient (Wildman–Crippen LogP) is 9.86. The van der Waals surface area contributed by atoms with Crippen molar-refractivity contribution < 1.29 is 43.0 Å².